The number of benzene rings is 2. The Hall–Kier alpha value is -2.77. The van der Waals surface area contributed by atoms with E-state index in [0.29, 0.717) is 23.6 Å². The number of hydrogen-bond acceptors (Lipinski definition) is 4. The van der Waals surface area contributed by atoms with Crippen LogP contribution in [0.25, 0.3) is 0 Å². The zero-order valence-electron chi connectivity index (χ0n) is 14.7. The highest BCUT2D eigenvalue weighted by Gasteiger charge is 2.31. The van der Waals surface area contributed by atoms with Crippen LogP contribution in [0, 0.1) is 0 Å². The Morgan fingerprint density at radius 3 is 2.31 bits per heavy atom. The minimum Gasteiger partial charge on any atom is -0.438 e. The molecule has 1 heterocycles. The molecule has 0 aliphatic carbocycles. The van der Waals surface area contributed by atoms with Gasteiger partial charge in [-0.05, 0) is 53.6 Å². The number of alkyl halides is 3. The lowest BCUT2D eigenvalue weighted by Gasteiger charge is -2.10. The molecule has 0 aliphatic heterocycles. The van der Waals surface area contributed by atoms with E-state index < -0.39 is 11.7 Å². The largest absolute Gasteiger partial charge is 0.438 e. The maximum atomic E-state index is 12.6. The van der Waals surface area contributed by atoms with E-state index in [4.69, 9.17) is 32.8 Å². The molecular weight excluding hydrogens is 428 g/mol. The number of ether oxygens (including phenoxy) is 1. The van der Waals surface area contributed by atoms with Gasteiger partial charge < -0.3 is 9.57 Å². The molecule has 150 valence electrons. The molecule has 0 fully saturated rings. The number of pyridine rings is 1. The summed E-state index contributed by atoms with van der Waals surface area (Å²) in [6.07, 6.45) is -2.34. The first-order valence-corrected chi connectivity index (χ1v) is 8.97. The molecule has 3 aromatic rings. The molecule has 0 amide bonds. The Labute approximate surface area is 174 Å². The van der Waals surface area contributed by atoms with Crippen LogP contribution in [0.4, 0.5) is 13.2 Å². The molecule has 0 unspecified atom stereocenters. The standard InChI is InChI=1S/C20H13Cl2F3N2O2/c21-16-5-1-14(2-6-16)12-28-27-10-13-3-7-17(8-4-13)29-19-18(22)9-15(11-26-19)20(23,24)25/h1-11H,12H2/b27-10+. The molecule has 3 rings (SSSR count). The van der Waals surface area contributed by atoms with Gasteiger partial charge in [0.05, 0.1) is 11.8 Å². The fraction of sp³-hybridized carbons (Fsp3) is 0.100. The predicted molar refractivity (Wildman–Crippen MR) is 105 cm³/mol. The highest BCUT2D eigenvalue weighted by Crippen LogP contribution is 2.34. The molecule has 0 radical (unpaired) electrons. The summed E-state index contributed by atoms with van der Waals surface area (Å²) in [6.45, 7) is 0.299. The third-order valence-electron chi connectivity index (χ3n) is 3.65. The first kappa shape index (κ1) is 21.0. The number of aromatic nitrogens is 1. The van der Waals surface area contributed by atoms with E-state index >= 15 is 0 Å². The van der Waals surface area contributed by atoms with Gasteiger partial charge in [-0.3, -0.25) is 0 Å². The first-order valence-electron chi connectivity index (χ1n) is 8.22. The van der Waals surface area contributed by atoms with Crippen LogP contribution in [-0.2, 0) is 17.6 Å². The van der Waals surface area contributed by atoms with Crippen molar-refractivity contribution in [2.75, 3.05) is 0 Å². The summed E-state index contributed by atoms with van der Waals surface area (Å²) in [5.74, 6) is 0.241. The van der Waals surface area contributed by atoms with Crippen LogP contribution in [0.2, 0.25) is 10.0 Å². The second kappa shape index (κ2) is 9.15. The predicted octanol–water partition coefficient (Wildman–Crippen LogP) is 6.75. The second-order valence-corrected chi connectivity index (χ2v) is 6.66. The Kier molecular flexibility index (Phi) is 6.61. The maximum Gasteiger partial charge on any atom is 0.417 e. The Bertz CT molecular complexity index is 992. The van der Waals surface area contributed by atoms with Crippen molar-refractivity contribution in [2.24, 2.45) is 5.16 Å². The maximum absolute atomic E-state index is 12.6. The fourth-order valence-corrected chi connectivity index (χ4v) is 2.51. The van der Waals surface area contributed by atoms with E-state index in [1.165, 1.54) is 6.21 Å². The van der Waals surface area contributed by atoms with Crippen LogP contribution < -0.4 is 4.74 Å². The number of halogens is 5. The second-order valence-electron chi connectivity index (χ2n) is 5.81. The summed E-state index contributed by atoms with van der Waals surface area (Å²) in [5.41, 5.74) is 0.719. The molecule has 0 spiro atoms. The summed E-state index contributed by atoms with van der Waals surface area (Å²) in [7, 11) is 0. The summed E-state index contributed by atoms with van der Waals surface area (Å²) >= 11 is 11.6. The van der Waals surface area contributed by atoms with Crippen molar-refractivity contribution in [3.8, 4) is 11.6 Å². The smallest absolute Gasteiger partial charge is 0.417 e. The van der Waals surface area contributed by atoms with Gasteiger partial charge in [0, 0.05) is 11.2 Å². The lowest BCUT2D eigenvalue weighted by atomic mass is 10.2. The molecule has 0 aliphatic rings. The van der Waals surface area contributed by atoms with Crippen molar-refractivity contribution in [1.29, 1.82) is 0 Å². The average molecular weight is 441 g/mol. The fourth-order valence-electron chi connectivity index (χ4n) is 2.18. The summed E-state index contributed by atoms with van der Waals surface area (Å²) < 4.78 is 43.4. The minimum absolute atomic E-state index is 0.118. The van der Waals surface area contributed by atoms with Crippen molar-refractivity contribution in [1.82, 2.24) is 4.98 Å². The molecule has 2 aromatic carbocycles. The van der Waals surface area contributed by atoms with E-state index in [9.17, 15) is 13.2 Å². The zero-order chi connectivity index (χ0) is 20.9. The van der Waals surface area contributed by atoms with Gasteiger partial charge in [0.25, 0.3) is 0 Å². The van der Waals surface area contributed by atoms with Crippen molar-refractivity contribution in [3.05, 3.63) is 87.5 Å². The van der Waals surface area contributed by atoms with Crippen molar-refractivity contribution in [3.63, 3.8) is 0 Å². The first-order chi connectivity index (χ1) is 13.8. The van der Waals surface area contributed by atoms with Gasteiger partial charge in [0.1, 0.15) is 17.4 Å². The number of rotatable bonds is 6. The number of oxime groups is 1. The quantitative estimate of drug-likeness (QED) is 0.314. The van der Waals surface area contributed by atoms with E-state index in [-0.39, 0.29) is 10.9 Å². The molecule has 1 aromatic heterocycles. The van der Waals surface area contributed by atoms with E-state index in [0.717, 1.165) is 17.2 Å². The van der Waals surface area contributed by atoms with Gasteiger partial charge in [0.15, 0.2) is 0 Å². The average Bonchev–Trinajstić information content (AvgIpc) is 2.68. The molecule has 0 N–H and O–H groups in total. The Morgan fingerprint density at radius 2 is 1.69 bits per heavy atom. The molecule has 0 saturated carbocycles. The van der Waals surface area contributed by atoms with Crippen LogP contribution in [0.15, 0.2) is 65.9 Å². The van der Waals surface area contributed by atoms with Crippen LogP contribution >= 0.6 is 23.2 Å². The number of hydrogen-bond donors (Lipinski definition) is 0. The van der Waals surface area contributed by atoms with E-state index in [1.54, 1.807) is 36.4 Å². The van der Waals surface area contributed by atoms with E-state index in [2.05, 4.69) is 10.1 Å². The third-order valence-corrected chi connectivity index (χ3v) is 4.17. The zero-order valence-corrected chi connectivity index (χ0v) is 16.2. The van der Waals surface area contributed by atoms with Crippen molar-refractivity contribution < 1.29 is 22.7 Å². The van der Waals surface area contributed by atoms with E-state index in [1.807, 2.05) is 12.1 Å². The van der Waals surface area contributed by atoms with Crippen LogP contribution in [0.5, 0.6) is 11.6 Å². The lowest BCUT2D eigenvalue weighted by molar-refractivity contribution is -0.137. The molecule has 9 heteroatoms. The highest BCUT2D eigenvalue weighted by molar-refractivity contribution is 6.32. The summed E-state index contributed by atoms with van der Waals surface area (Å²) in [4.78, 5) is 8.85. The molecule has 0 atom stereocenters. The topological polar surface area (TPSA) is 43.7 Å². The number of nitrogens with zero attached hydrogens (tertiary/aromatic N) is 2. The summed E-state index contributed by atoms with van der Waals surface area (Å²) in [6, 6.07) is 14.6. The van der Waals surface area contributed by atoms with Gasteiger partial charge >= 0.3 is 6.18 Å². The molecule has 0 saturated heterocycles. The molecule has 4 nitrogen and oxygen atoms in total. The lowest BCUT2D eigenvalue weighted by Crippen LogP contribution is -2.05. The summed E-state index contributed by atoms with van der Waals surface area (Å²) in [5, 5.41) is 4.29. The van der Waals surface area contributed by atoms with Gasteiger partial charge in [-0.2, -0.15) is 13.2 Å². The highest BCUT2D eigenvalue weighted by atomic mass is 35.5. The van der Waals surface area contributed by atoms with Crippen LogP contribution in [-0.4, -0.2) is 11.2 Å². The monoisotopic (exact) mass is 440 g/mol. The van der Waals surface area contributed by atoms with Gasteiger partial charge in [-0.1, -0.05) is 40.5 Å². The molecular formula is C20H13Cl2F3N2O2. The van der Waals surface area contributed by atoms with Gasteiger partial charge in [-0.25, -0.2) is 4.98 Å². The molecule has 0 bridgehead atoms. The minimum atomic E-state index is -4.52. The van der Waals surface area contributed by atoms with Gasteiger partial charge in [0.2, 0.25) is 5.88 Å². The van der Waals surface area contributed by atoms with Crippen molar-refractivity contribution in [2.45, 2.75) is 12.8 Å². The third kappa shape index (κ3) is 6.10. The van der Waals surface area contributed by atoms with Gasteiger partial charge in [-0.15, -0.1) is 0 Å². The Balaban J connectivity index is 1.56. The SMILES string of the molecule is FC(F)(F)c1cnc(Oc2ccc(/C=N/OCc3ccc(Cl)cc3)cc2)c(Cl)c1. The Morgan fingerprint density at radius 1 is 1.00 bits per heavy atom. The van der Waals surface area contributed by atoms with Crippen LogP contribution in [0.1, 0.15) is 16.7 Å². The molecule has 29 heavy (non-hydrogen) atoms. The van der Waals surface area contributed by atoms with Crippen LogP contribution in [0.3, 0.4) is 0 Å². The normalized spacial score (nSPS) is 11.6. The van der Waals surface area contributed by atoms with Crippen molar-refractivity contribution >= 4 is 29.4 Å².